The molecule has 4 aromatic heterocycles. The fourth-order valence-electron chi connectivity index (χ4n) is 4.85. The Hall–Kier alpha value is -5.45. The molecule has 0 bridgehead atoms. The molecule has 198 valence electrons. The molecule has 6 aromatic rings. The highest BCUT2D eigenvalue weighted by Crippen LogP contribution is 2.49. The molecule has 7 rings (SSSR count). The van der Waals surface area contributed by atoms with Crippen molar-refractivity contribution in [2.24, 2.45) is 5.16 Å². The number of rotatable bonds is 7. The number of benzene rings is 2. The second-order valence-corrected chi connectivity index (χ2v) is 9.14. The minimum Gasteiger partial charge on any atom is -0.497 e. The van der Waals surface area contributed by atoms with Crippen LogP contribution in [-0.4, -0.2) is 42.7 Å². The van der Waals surface area contributed by atoms with Crippen LogP contribution in [0.15, 0.2) is 88.9 Å². The number of ether oxygens (including phenoxy) is 2. The van der Waals surface area contributed by atoms with Gasteiger partial charge < -0.3 is 18.7 Å². The van der Waals surface area contributed by atoms with E-state index >= 15 is 0 Å². The van der Waals surface area contributed by atoms with Gasteiger partial charge in [-0.2, -0.15) is 5.10 Å². The Morgan fingerprint density at radius 3 is 2.62 bits per heavy atom. The molecule has 5 heterocycles. The summed E-state index contributed by atoms with van der Waals surface area (Å²) in [5, 5.41) is 13.4. The van der Waals surface area contributed by atoms with Crippen molar-refractivity contribution in [1.29, 1.82) is 0 Å². The second-order valence-electron chi connectivity index (χ2n) is 9.14. The summed E-state index contributed by atoms with van der Waals surface area (Å²) in [6.45, 7) is 2.03. The second kappa shape index (κ2) is 9.70. The van der Waals surface area contributed by atoms with Gasteiger partial charge in [0.1, 0.15) is 17.8 Å². The maximum absolute atomic E-state index is 6.40. The molecular formula is C29H23N7O4. The van der Waals surface area contributed by atoms with Crippen LogP contribution in [0.2, 0.25) is 0 Å². The van der Waals surface area contributed by atoms with Crippen LogP contribution in [0.4, 0.5) is 0 Å². The van der Waals surface area contributed by atoms with E-state index in [1.807, 2.05) is 73.7 Å². The van der Waals surface area contributed by atoms with Crippen molar-refractivity contribution in [3.05, 3.63) is 113 Å². The molecule has 1 aliphatic heterocycles. The van der Waals surface area contributed by atoms with Crippen LogP contribution in [0.25, 0.3) is 11.3 Å². The van der Waals surface area contributed by atoms with Crippen LogP contribution in [0.3, 0.4) is 0 Å². The van der Waals surface area contributed by atoms with Crippen molar-refractivity contribution in [1.82, 2.24) is 29.4 Å². The summed E-state index contributed by atoms with van der Waals surface area (Å²) in [5.41, 5.74) is 4.77. The van der Waals surface area contributed by atoms with E-state index in [2.05, 4.69) is 15.2 Å². The standard InChI is InChI=1S/C29H23N7O4/c1-18-24-25(22-9-6-14-38-22)26-27-32-23(16-39-31-15-19-10-12-21(37-2)13-11-19)34-35(27)17-30-28(26)40-29(24)36(33-18)20-7-4-3-5-8-20/h3-15,17,25H,16H2,1-2H3/b31-15-. The van der Waals surface area contributed by atoms with E-state index in [1.54, 1.807) is 35.1 Å². The third kappa shape index (κ3) is 4.04. The molecule has 1 aliphatic rings. The van der Waals surface area contributed by atoms with Crippen molar-refractivity contribution < 1.29 is 18.7 Å². The summed E-state index contributed by atoms with van der Waals surface area (Å²) in [6.07, 6.45) is 4.85. The molecular weight excluding hydrogens is 510 g/mol. The molecule has 11 nitrogen and oxygen atoms in total. The van der Waals surface area contributed by atoms with Gasteiger partial charge in [0, 0.05) is 0 Å². The van der Waals surface area contributed by atoms with Crippen molar-refractivity contribution in [3.63, 3.8) is 0 Å². The first kappa shape index (κ1) is 23.7. The highest BCUT2D eigenvalue weighted by atomic mass is 16.6. The topological polar surface area (TPSA) is 114 Å². The maximum Gasteiger partial charge on any atom is 0.230 e. The lowest BCUT2D eigenvalue weighted by Gasteiger charge is -2.24. The number of methoxy groups -OCH3 is 1. The average Bonchev–Trinajstić information content (AvgIpc) is 3.74. The van der Waals surface area contributed by atoms with Gasteiger partial charge >= 0.3 is 0 Å². The first-order chi connectivity index (χ1) is 19.7. The lowest BCUT2D eigenvalue weighted by molar-refractivity contribution is 0.126. The molecule has 1 atom stereocenters. The summed E-state index contributed by atoms with van der Waals surface area (Å²) >= 11 is 0. The largest absolute Gasteiger partial charge is 0.497 e. The van der Waals surface area contributed by atoms with Crippen LogP contribution in [0.5, 0.6) is 17.5 Å². The Kier molecular flexibility index (Phi) is 5.73. The molecule has 0 aliphatic carbocycles. The smallest absolute Gasteiger partial charge is 0.230 e. The summed E-state index contributed by atoms with van der Waals surface area (Å²) in [6, 6.07) is 21.1. The van der Waals surface area contributed by atoms with Crippen molar-refractivity contribution in [3.8, 4) is 23.2 Å². The molecule has 40 heavy (non-hydrogen) atoms. The zero-order valence-corrected chi connectivity index (χ0v) is 21.6. The highest BCUT2D eigenvalue weighted by molar-refractivity contribution is 5.79. The van der Waals surface area contributed by atoms with Gasteiger partial charge in [-0.25, -0.2) is 19.2 Å². The number of nitrogens with zero attached hydrogens (tertiary/aromatic N) is 7. The van der Waals surface area contributed by atoms with E-state index in [0.29, 0.717) is 23.2 Å². The lowest BCUT2D eigenvalue weighted by atomic mass is 9.88. The van der Waals surface area contributed by atoms with Gasteiger partial charge in [-0.05, 0) is 61.0 Å². The first-order valence-corrected chi connectivity index (χ1v) is 12.6. The van der Waals surface area contributed by atoms with Gasteiger partial charge in [-0.15, -0.1) is 5.10 Å². The Morgan fingerprint density at radius 1 is 1.00 bits per heavy atom. The fraction of sp³-hybridized carbons (Fsp3) is 0.138. The normalized spacial score (nSPS) is 14.2. The van der Waals surface area contributed by atoms with Crippen molar-refractivity contribution >= 4 is 11.9 Å². The zero-order valence-electron chi connectivity index (χ0n) is 21.6. The van der Waals surface area contributed by atoms with Crippen LogP contribution >= 0.6 is 0 Å². The average molecular weight is 534 g/mol. The minimum atomic E-state index is -0.353. The number of aryl methyl sites for hydroxylation is 1. The van der Waals surface area contributed by atoms with E-state index in [9.17, 15) is 0 Å². The Labute approximate surface area is 228 Å². The van der Waals surface area contributed by atoms with Crippen molar-refractivity contribution in [2.45, 2.75) is 19.4 Å². The molecule has 0 fully saturated rings. The summed E-state index contributed by atoms with van der Waals surface area (Å²) in [7, 11) is 1.63. The number of para-hydroxylation sites is 1. The molecule has 0 saturated heterocycles. The van der Waals surface area contributed by atoms with Crippen LogP contribution in [0.1, 0.15) is 39.9 Å². The monoisotopic (exact) mass is 533 g/mol. The van der Waals surface area contributed by atoms with E-state index in [1.165, 1.54) is 0 Å². The Bertz CT molecular complexity index is 1820. The predicted molar refractivity (Wildman–Crippen MR) is 144 cm³/mol. The van der Waals surface area contributed by atoms with E-state index in [0.717, 1.165) is 39.6 Å². The lowest BCUT2D eigenvalue weighted by Crippen LogP contribution is -2.15. The summed E-state index contributed by atoms with van der Waals surface area (Å²) in [5.74, 6) is 2.59. The van der Waals surface area contributed by atoms with Crippen molar-refractivity contribution in [2.75, 3.05) is 7.11 Å². The highest BCUT2D eigenvalue weighted by Gasteiger charge is 2.39. The van der Waals surface area contributed by atoms with Gasteiger partial charge in [0.2, 0.25) is 11.8 Å². The van der Waals surface area contributed by atoms with Crippen LogP contribution in [0, 0.1) is 6.92 Å². The van der Waals surface area contributed by atoms with Gasteiger partial charge in [0.15, 0.2) is 18.1 Å². The minimum absolute atomic E-state index is 0.0750. The molecule has 1 unspecified atom stereocenters. The quantitative estimate of drug-likeness (QED) is 0.206. The number of fused-ring (bicyclic) bond motifs is 4. The van der Waals surface area contributed by atoms with Crippen LogP contribution in [-0.2, 0) is 11.4 Å². The Balaban J connectivity index is 1.24. The maximum atomic E-state index is 6.40. The molecule has 0 spiro atoms. The van der Waals surface area contributed by atoms with Gasteiger partial charge in [0.05, 0.1) is 48.0 Å². The van der Waals surface area contributed by atoms with E-state index in [-0.39, 0.29) is 12.5 Å². The summed E-state index contributed by atoms with van der Waals surface area (Å²) < 4.78 is 20.9. The molecule has 2 aromatic carbocycles. The molecule has 0 saturated carbocycles. The first-order valence-electron chi connectivity index (χ1n) is 12.6. The SMILES string of the molecule is COc1ccc(/C=N\OCc2nc3c4c(ncn3n2)Oc2c(c(C)nn2-c2ccccc2)C4c2ccco2)cc1. The molecule has 0 radical (unpaired) electrons. The van der Waals surface area contributed by atoms with E-state index in [4.69, 9.17) is 28.8 Å². The fourth-order valence-corrected chi connectivity index (χ4v) is 4.85. The third-order valence-corrected chi connectivity index (χ3v) is 6.68. The van der Waals surface area contributed by atoms with Crippen LogP contribution < -0.4 is 9.47 Å². The Morgan fingerprint density at radius 2 is 1.85 bits per heavy atom. The molecule has 0 N–H and O–H groups in total. The molecule has 11 heteroatoms. The number of aromatic nitrogens is 6. The molecule has 0 amide bonds. The third-order valence-electron chi connectivity index (χ3n) is 6.68. The van der Waals surface area contributed by atoms with Gasteiger partial charge in [-0.3, -0.25) is 0 Å². The number of oxime groups is 1. The van der Waals surface area contributed by atoms with Gasteiger partial charge in [-0.1, -0.05) is 23.4 Å². The zero-order chi connectivity index (χ0) is 27.1. The predicted octanol–water partition coefficient (Wildman–Crippen LogP) is 5.06. The number of hydrogen-bond acceptors (Lipinski definition) is 9. The van der Waals surface area contributed by atoms with Gasteiger partial charge in [0.25, 0.3) is 0 Å². The number of furan rings is 1. The summed E-state index contributed by atoms with van der Waals surface area (Å²) in [4.78, 5) is 14.9. The number of hydrogen-bond donors (Lipinski definition) is 0. The van der Waals surface area contributed by atoms with E-state index < -0.39 is 0 Å².